The minimum atomic E-state index is -4.07. The van der Waals surface area contributed by atoms with Crippen LogP contribution >= 0.6 is 6.72 Å². The second kappa shape index (κ2) is 14.4. The Kier molecular flexibility index (Phi) is 18.9. The molecule has 0 aliphatic rings. The molecule has 0 saturated heterocycles. The van der Waals surface area contributed by atoms with Gasteiger partial charge in [-0.3, -0.25) is 9.11 Å². The van der Waals surface area contributed by atoms with Gasteiger partial charge in [0.1, 0.15) is 0 Å². The Morgan fingerprint density at radius 3 is 1.52 bits per heavy atom. The molecule has 0 saturated carbocycles. The predicted octanol–water partition coefficient (Wildman–Crippen LogP) is -4.93. The molecule has 0 rings (SSSR count). The van der Waals surface area contributed by atoms with Crippen LogP contribution in [0.15, 0.2) is 0 Å². The molecule has 0 radical (unpaired) electrons. The van der Waals surface area contributed by atoms with Crippen molar-refractivity contribution in [1.29, 1.82) is 0 Å². The van der Waals surface area contributed by atoms with E-state index >= 15 is 0 Å². The predicted molar refractivity (Wildman–Crippen MR) is 82.1 cm³/mol. The molecule has 132 valence electrons. The summed E-state index contributed by atoms with van der Waals surface area (Å²) in [6, 6.07) is 0. The molecule has 0 spiro atoms. The van der Waals surface area contributed by atoms with E-state index in [1.54, 1.807) is 6.92 Å². The first-order chi connectivity index (χ1) is 9.47. The standard InChI is InChI=1S/C8H19O9PS3.2Na.2H/c1-2-15-18(19,16-5-3-7-20(9,10)11)17-6-4-8-21(12,13)14;;;;/h2-8H2,1H3,(H,9,10,11)(H,12,13,14);;;;/q;2*+1;2*-1. The second-order valence-electron chi connectivity index (χ2n) is 3.81. The van der Waals surface area contributed by atoms with Gasteiger partial charge >= 0.3 is 65.8 Å². The van der Waals surface area contributed by atoms with Crippen molar-refractivity contribution in [1.82, 2.24) is 0 Å². The number of rotatable bonds is 12. The summed E-state index contributed by atoms with van der Waals surface area (Å²) in [4.78, 5) is 0. The molecule has 0 amide bonds. The van der Waals surface area contributed by atoms with Crippen LogP contribution in [0.5, 0.6) is 0 Å². The van der Waals surface area contributed by atoms with Crippen LogP contribution in [-0.2, 0) is 45.6 Å². The molecule has 9 nitrogen and oxygen atoms in total. The van der Waals surface area contributed by atoms with E-state index in [0.29, 0.717) is 0 Å². The molecule has 0 fully saturated rings. The first-order valence-corrected chi connectivity index (χ1v) is 11.7. The van der Waals surface area contributed by atoms with E-state index in [2.05, 4.69) is 0 Å². The van der Waals surface area contributed by atoms with Crippen LogP contribution in [0, 0.1) is 0 Å². The van der Waals surface area contributed by atoms with Crippen molar-refractivity contribution < 1.29 is 101 Å². The molecule has 0 bridgehead atoms. The Bertz CT molecular complexity index is 517. The quantitative estimate of drug-likeness (QED) is 0.133. The van der Waals surface area contributed by atoms with Gasteiger partial charge < -0.3 is 16.4 Å². The second-order valence-corrected chi connectivity index (χ2v) is 9.97. The molecular weight excluding hydrogens is 413 g/mol. The first-order valence-electron chi connectivity index (χ1n) is 5.91. The molecule has 23 heavy (non-hydrogen) atoms. The maximum atomic E-state index is 10.5. The maximum Gasteiger partial charge on any atom is 1.00 e. The molecule has 0 heterocycles. The topological polar surface area (TPSA) is 136 Å². The first kappa shape index (κ1) is 30.1. The largest absolute Gasteiger partial charge is 1.00 e. The van der Waals surface area contributed by atoms with Crippen molar-refractivity contribution in [2.75, 3.05) is 31.3 Å². The normalized spacial score (nSPS) is 12.3. The monoisotopic (exact) mass is 434 g/mol. The zero-order valence-corrected chi connectivity index (χ0v) is 20.7. The third-order valence-corrected chi connectivity index (χ3v) is 6.01. The molecule has 0 atom stereocenters. The number of hydrogen-bond acceptors (Lipinski definition) is 8. The average molecular weight is 434 g/mol. The Hall–Kier alpha value is 2.35. The van der Waals surface area contributed by atoms with Gasteiger partial charge in [0, 0.05) is 0 Å². The van der Waals surface area contributed by atoms with E-state index < -0.39 is 38.5 Å². The molecule has 0 unspecified atom stereocenters. The van der Waals surface area contributed by atoms with Crippen LogP contribution in [0.3, 0.4) is 0 Å². The van der Waals surface area contributed by atoms with Gasteiger partial charge in [0.25, 0.3) is 20.2 Å². The summed E-state index contributed by atoms with van der Waals surface area (Å²) < 4.78 is 74.8. The van der Waals surface area contributed by atoms with Crippen LogP contribution < -0.4 is 59.1 Å². The van der Waals surface area contributed by atoms with Crippen molar-refractivity contribution in [2.24, 2.45) is 0 Å². The summed E-state index contributed by atoms with van der Waals surface area (Å²) in [5.74, 6) is -0.950. The van der Waals surface area contributed by atoms with Gasteiger partial charge in [-0.25, -0.2) is 0 Å². The van der Waals surface area contributed by atoms with E-state index in [4.69, 9.17) is 34.5 Å². The van der Waals surface area contributed by atoms with Gasteiger partial charge in [0.2, 0.25) is 0 Å². The fourth-order valence-electron chi connectivity index (χ4n) is 1.11. The molecule has 0 aromatic heterocycles. The Morgan fingerprint density at radius 2 is 1.26 bits per heavy atom. The summed E-state index contributed by atoms with van der Waals surface area (Å²) >= 11 is 5.04. The minimum absolute atomic E-state index is 0. The van der Waals surface area contributed by atoms with Crippen molar-refractivity contribution in [3.8, 4) is 0 Å². The zero-order valence-electron chi connectivity index (χ0n) is 15.4. The Balaban J connectivity index is -0.000000333. The Morgan fingerprint density at radius 1 is 0.913 bits per heavy atom. The summed E-state index contributed by atoms with van der Waals surface area (Å²) in [7, 11) is -8.14. The van der Waals surface area contributed by atoms with Gasteiger partial charge in [0.05, 0.1) is 31.3 Å². The van der Waals surface area contributed by atoms with Crippen LogP contribution in [0.2, 0.25) is 0 Å². The Labute approximate surface area is 189 Å². The van der Waals surface area contributed by atoms with Crippen molar-refractivity contribution in [3.63, 3.8) is 0 Å². The maximum absolute atomic E-state index is 10.5. The van der Waals surface area contributed by atoms with Crippen molar-refractivity contribution in [3.05, 3.63) is 0 Å². The summed E-state index contributed by atoms with van der Waals surface area (Å²) in [6.45, 7) is -1.42. The summed E-state index contributed by atoms with van der Waals surface area (Å²) in [5, 5.41) is 0. The van der Waals surface area contributed by atoms with Gasteiger partial charge in [-0.15, -0.1) is 0 Å². The van der Waals surface area contributed by atoms with E-state index in [-0.39, 0.29) is 94.6 Å². The SMILES string of the molecule is CCOP(=S)(OCCCS(=O)(=O)O)OCCCS(=O)(=O)O.[H-].[H-].[Na+].[Na+]. The van der Waals surface area contributed by atoms with Crippen molar-refractivity contribution in [2.45, 2.75) is 19.8 Å². The molecular formula is C8H21Na2O9PS3. The van der Waals surface area contributed by atoms with E-state index in [9.17, 15) is 16.8 Å². The van der Waals surface area contributed by atoms with E-state index in [0.717, 1.165) is 0 Å². The van der Waals surface area contributed by atoms with Gasteiger partial charge in [-0.1, -0.05) is 0 Å². The minimum Gasteiger partial charge on any atom is -1.00 e. The zero-order chi connectivity index (χ0) is 16.6. The summed E-state index contributed by atoms with van der Waals surface area (Å²) in [6.07, 6.45) is 0.0252. The fraction of sp³-hybridized carbons (Fsp3) is 1.00. The molecule has 0 aliphatic heterocycles. The fourth-order valence-corrected chi connectivity index (χ4v) is 4.08. The van der Waals surface area contributed by atoms with Crippen LogP contribution in [-0.4, -0.2) is 57.3 Å². The molecule has 0 aromatic rings. The van der Waals surface area contributed by atoms with Gasteiger partial charge in [0.15, 0.2) is 0 Å². The van der Waals surface area contributed by atoms with E-state index in [1.165, 1.54) is 0 Å². The molecule has 2 N–H and O–H groups in total. The smallest absolute Gasteiger partial charge is 1.00 e. The molecule has 0 aliphatic carbocycles. The average Bonchev–Trinajstić information content (AvgIpc) is 2.29. The van der Waals surface area contributed by atoms with Crippen LogP contribution in [0.4, 0.5) is 0 Å². The van der Waals surface area contributed by atoms with Crippen molar-refractivity contribution >= 4 is 38.8 Å². The molecule has 15 heteroatoms. The summed E-state index contributed by atoms with van der Waals surface area (Å²) in [5.41, 5.74) is 0. The third kappa shape index (κ3) is 20.5. The van der Waals surface area contributed by atoms with Gasteiger partial charge in [-0.05, 0) is 31.6 Å². The van der Waals surface area contributed by atoms with Gasteiger partial charge in [-0.2, -0.15) is 16.8 Å². The molecule has 0 aromatic carbocycles. The van der Waals surface area contributed by atoms with E-state index in [1.807, 2.05) is 0 Å². The third-order valence-electron chi connectivity index (χ3n) is 1.88. The van der Waals surface area contributed by atoms with Crippen LogP contribution in [0.25, 0.3) is 0 Å². The number of hydrogen-bond donors (Lipinski definition) is 2. The van der Waals surface area contributed by atoms with Crippen LogP contribution in [0.1, 0.15) is 22.6 Å².